The summed E-state index contributed by atoms with van der Waals surface area (Å²) in [6, 6.07) is 5.01. The minimum absolute atomic E-state index is 0.0207. The van der Waals surface area contributed by atoms with Crippen molar-refractivity contribution in [2.75, 3.05) is 12.0 Å². The molecule has 0 fully saturated rings. The number of ketones is 1. The minimum Gasteiger partial charge on any atom is -0.294 e. The Kier molecular flexibility index (Phi) is 5.16. The molecule has 0 aliphatic heterocycles. The normalized spacial score (nSPS) is 11.5. The first-order valence-corrected chi connectivity index (χ1v) is 8.19. The van der Waals surface area contributed by atoms with Crippen LogP contribution in [-0.2, 0) is 9.84 Å². The highest BCUT2D eigenvalue weighted by atomic mass is 79.9. The van der Waals surface area contributed by atoms with Gasteiger partial charge in [-0.2, -0.15) is 0 Å². The zero-order valence-electron chi connectivity index (χ0n) is 9.24. The zero-order chi connectivity index (χ0) is 13.1. The molecule has 1 aromatic rings. The molecule has 0 heterocycles. The molecule has 17 heavy (non-hydrogen) atoms. The van der Waals surface area contributed by atoms with E-state index in [0.29, 0.717) is 17.0 Å². The molecule has 0 saturated carbocycles. The van der Waals surface area contributed by atoms with Crippen molar-refractivity contribution in [2.45, 2.75) is 12.8 Å². The number of hydrogen-bond acceptors (Lipinski definition) is 3. The minimum atomic E-state index is -3.01. The average molecular weight is 340 g/mol. The van der Waals surface area contributed by atoms with Gasteiger partial charge in [0.05, 0.1) is 10.8 Å². The topological polar surface area (TPSA) is 51.2 Å². The average Bonchev–Trinajstić information content (AvgIpc) is 2.15. The predicted octanol–water partition coefficient (Wildman–Crippen LogP) is 3.11. The standard InChI is InChI=1S/C11H12BrClO3S/c1-17(15,16)6-2-3-11(14)9-5-4-8(12)7-10(9)13/h4-5,7H,2-3,6H2,1H3. The number of hydrogen-bond donors (Lipinski definition) is 0. The van der Waals surface area contributed by atoms with Gasteiger partial charge in [-0.25, -0.2) is 8.42 Å². The van der Waals surface area contributed by atoms with Crippen molar-refractivity contribution in [3.8, 4) is 0 Å². The van der Waals surface area contributed by atoms with E-state index in [1.54, 1.807) is 18.2 Å². The Hall–Kier alpha value is -0.390. The van der Waals surface area contributed by atoms with Crippen LogP contribution in [0.4, 0.5) is 0 Å². The van der Waals surface area contributed by atoms with Crippen LogP contribution in [-0.4, -0.2) is 26.2 Å². The first kappa shape index (κ1) is 14.7. The Balaban J connectivity index is 2.65. The highest BCUT2D eigenvalue weighted by molar-refractivity contribution is 9.10. The lowest BCUT2D eigenvalue weighted by Crippen LogP contribution is -2.07. The molecule has 0 aliphatic carbocycles. The second kappa shape index (κ2) is 5.98. The van der Waals surface area contributed by atoms with E-state index in [1.807, 2.05) is 0 Å². The summed E-state index contributed by atoms with van der Waals surface area (Å²) in [5.41, 5.74) is 0.434. The molecule has 0 aliphatic rings. The van der Waals surface area contributed by atoms with Crippen LogP contribution in [0, 0.1) is 0 Å². The Labute approximate surface area is 114 Å². The molecule has 0 amide bonds. The lowest BCUT2D eigenvalue weighted by molar-refractivity contribution is 0.0982. The van der Waals surface area contributed by atoms with E-state index in [4.69, 9.17) is 11.6 Å². The van der Waals surface area contributed by atoms with E-state index >= 15 is 0 Å². The largest absolute Gasteiger partial charge is 0.294 e. The monoisotopic (exact) mass is 338 g/mol. The molecular weight excluding hydrogens is 328 g/mol. The fraction of sp³-hybridized carbons (Fsp3) is 0.364. The Morgan fingerprint density at radius 2 is 2.06 bits per heavy atom. The fourth-order valence-electron chi connectivity index (χ4n) is 1.35. The van der Waals surface area contributed by atoms with E-state index in [0.717, 1.165) is 10.7 Å². The second-order valence-corrected chi connectivity index (χ2v) is 7.36. The molecule has 0 N–H and O–H groups in total. The number of Topliss-reactive ketones (excluding diaryl/α,β-unsaturated/α-hetero) is 1. The number of rotatable bonds is 5. The third-order valence-electron chi connectivity index (χ3n) is 2.15. The Morgan fingerprint density at radius 1 is 1.41 bits per heavy atom. The molecule has 1 aromatic carbocycles. The molecule has 0 radical (unpaired) electrons. The molecule has 0 saturated heterocycles. The van der Waals surface area contributed by atoms with Crippen LogP contribution in [0.2, 0.25) is 5.02 Å². The van der Waals surface area contributed by atoms with Gasteiger partial charge in [-0.15, -0.1) is 0 Å². The number of carbonyl (C=O) groups is 1. The summed E-state index contributed by atoms with van der Waals surface area (Å²) in [6.45, 7) is 0. The van der Waals surface area contributed by atoms with Crippen molar-refractivity contribution >= 4 is 43.2 Å². The molecule has 0 unspecified atom stereocenters. The van der Waals surface area contributed by atoms with E-state index in [2.05, 4.69) is 15.9 Å². The quantitative estimate of drug-likeness (QED) is 0.775. The third-order valence-corrected chi connectivity index (χ3v) is 3.99. The van der Waals surface area contributed by atoms with Gasteiger partial charge in [-0.1, -0.05) is 27.5 Å². The van der Waals surface area contributed by atoms with Gasteiger partial charge in [0.2, 0.25) is 0 Å². The van der Waals surface area contributed by atoms with E-state index in [-0.39, 0.29) is 18.0 Å². The molecule has 0 aromatic heterocycles. The van der Waals surface area contributed by atoms with Gasteiger partial charge in [-0.05, 0) is 24.6 Å². The number of carbonyl (C=O) groups excluding carboxylic acids is 1. The van der Waals surface area contributed by atoms with Crippen LogP contribution in [0.5, 0.6) is 0 Å². The maximum Gasteiger partial charge on any atom is 0.164 e. The van der Waals surface area contributed by atoms with Gasteiger partial charge in [0.25, 0.3) is 0 Å². The molecule has 1 rings (SSSR count). The van der Waals surface area contributed by atoms with Crippen molar-refractivity contribution in [3.05, 3.63) is 33.3 Å². The van der Waals surface area contributed by atoms with Crippen molar-refractivity contribution in [1.29, 1.82) is 0 Å². The zero-order valence-corrected chi connectivity index (χ0v) is 12.4. The van der Waals surface area contributed by atoms with Crippen LogP contribution in [0.1, 0.15) is 23.2 Å². The van der Waals surface area contributed by atoms with Crippen LogP contribution in [0.25, 0.3) is 0 Å². The Morgan fingerprint density at radius 3 is 2.59 bits per heavy atom. The van der Waals surface area contributed by atoms with Crippen LogP contribution in [0.3, 0.4) is 0 Å². The molecular formula is C11H12BrClO3S. The van der Waals surface area contributed by atoms with Gasteiger partial charge in [0.1, 0.15) is 9.84 Å². The molecule has 6 heteroatoms. The van der Waals surface area contributed by atoms with Gasteiger partial charge in [0, 0.05) is 22.7 Å². The van der Waals surface area contributed by atoms with Crippen molar-refractivity contribution in [3.63, 3.8) is 0 Å². The summed E-state index contributed by atoms with van der Waals surface area (Å²) in [6.07, 6.45) is 1.67. The summed E-state index contributed by atoms with van der Waals surface area (Å²) < 4.78 is 22.6. The van der Waals surface area contributed by atoms with Crippen molar-refractivity contribution in [2.24, 2.45) is 0 Å². The highest BCUT2D eigenvalue weighted by Gasteiger charge is 2.11. The van der Waals surface area contributed by atoms with E-state index in [9.17, 15) is 13.2 Å². The van der Waals surface area contributed by atoms with Crippen LogP contribution < -0.4 is 0 Å². The molecule has 3 nitrogen and oxygen atoms in total. The molecule has 0 spiro atoms. The summed E-state index contributed by atoms with van der Waals surface area (Å²) in [5.74, 6) is -0.112. The first-order chi connectivity index (χ1) is 7.79. The lowest BCUT2D eigenvalue weighted by atomic mass is 10.1. The number of sulfone groups is 1. The van der Waals surface area contributed by atoms with Gasteiger partial charge in [0.15, 0.2) is 5.78 Å². The molecule has 94 valence electrons. The van der Waals surface area contributed by atoms with Gasteiger partial charge >= 0.3 is 0 Å². The first-order valence-electron chi connectivity index (χ1n) is 4.95. The van der Waals surface area contributed by atoms with Gasteiger partial charge < -0.3 is 0 Å². The molecule has 0 atom stereocenters. The smallest absolute Gasteiger partial charge is 0.164 e. The van der Waals surface area contributed by atoms with Crippen LogP contribution in [0.15, 0.2) is 22.7 Å². The molecule has 0 bridgehead atoms. The summed E-state index contributed by atoms with van der Waals surface area (Å²) in [4.78, 5) is 11.8. The highest BCUT2D eigenvalue weighted by Crippen LogP contribution is 2.22. The Bertz CT molecular complexity index is 526. The van der Waals surface area contributed by atoms with Crippen LogP contribution >= 0.6 is 27.5 Å². The fourth-order valence-corrected chi connectivity index (χ4v) is 2.79. The predicted molar refractivity (Wildman–Crippen MR) is 72.4 cm³/mol. The van der Waals surface area contributed by atoms with E-state index < -0.39 is 9.84 Å². The number of halogens is 2. The summed E-state index contributed by atoms with van der Waals surface area (Å²) in [5, 5.41) is 0.378. The third kappa shape index (κ3) is 5.19. The SMILES string of the molecule is CS(=O)(=O)CCCC(=O)c1ccc(Br)cc1Cl. The van der Waals surface area contributed by atoms with Gasteiger partial charge in [-0.3, -0.25) is 4.79 Å². The lowest BCUT2D eigenvalue weighted by Gasteiger charge is -2.03. The maximum absolute atomic E-state index is 11.8. The van der Waals surface area contributed by atoms with E-state index in [1.165, 1.54) is 0 Å². The summed E-state index contributed by atoms with van der Waals surface area (Å²) >= 11 is 9.17. The van der Waals surface area contributed by atoms with Crippen molar-refractivity contribution in [1.82, 2.24) is 0 Å². The maximum atomic E-state index is 11.8. The number of benzene rings is 1. The second-order valence-electron chi connectivity index (χ2n) is 3.78. The summed E-state index contributed by atoms with van der Waals surface area (Å²) in [7, 11) is -3.01. The van der Waals surface area contributed by atoms with Crippen molar-refractivity contribution < 1.29 is 13.2 Å².